The molecule has 0 bridgehead atoms. The molecule has 0 radical (unpaired) electrons. The number of ether oxygens (including phenoxy) is 2. The number of halogens is 2. The van der Waals surface area contributed by atoms with Crippen LogP contribution in [0.5, 0.6) is 0 Å². The fourth-order valence-corrected chi connectivity index (χ4v) is 2.24. The molecule has 1 aromatic carbocycles. The van der Waals surface area contributed by atoms with Gasteiger partial charge in [-0.05, 0) is 38.0 Å². The molecule has 1 aromatic rings. The van der Waals surface area contributed by atoms with E-state index in [4.69, 9.17) is 32.7 Å². The van der Waals surface area contributed by atoms with Crippen LogP contribution in [0.1, 0.15) is 32.8 Å². The average molecular weight is 374 g/mol. The fraction of sp³-hybridized carbons (Fsp3) is 0.412. The zero-order valence-electron chi connectivity index (χ0n) is 14.0. The van der Waals surface area contributed by atoms with Crippen LogP contribution in [-0.4, -0.2) is 30.1 Å². The third kappa shape index (κ3) is 6.42. The van der Waals surface area contributed by atoms with Crippen LogP contribution in [0.2, 0.25) is 10.0 Å². The molecular weight excluding hydrogens is 353 g/mol. The van der Waals surface area contributed by atoms with Crippen molar-refractivity contribution in [2.24, 2.45) is 0 Å². The van der Waals surface area contributed by atoms with Gasteiger partial charge >= 0.3 is 12.1 Å². The maximum Gasteiger partial charge on any atom is 0.414 e. The van der Waals surface area contributed by atoms with E-state index in [1.807, 2.05) is 6.92 Å². The van der Waals surface area contributed by atoms with Gasteiger partial charge < -0.3 is 9.47 Å². The Hall–Kier alpha value is -1.72. The van der Waals surface area contributed by atoms with Gasteiger partial charge in [-0.15, -0.1) is 0 Å². The highest BCUT2D eigenvalue weighted by molar-refractivity contribution is 6.42. The Morgan fingerprint density at radius 1 is 1.17 bits per heavy atom. The van der Waals surface area contributed by atoms with Gasteiger partial charge in [-0.3, -0.25) is 4.90 Å². The van der Waals surface area contributed by atoms with E-state index in [-0.39, 0.29) is 13.2 Å². The van der Waals surface area contributed by atoms with Gasteiger partial charge in [-0.25, -0.2) is 9.59 Å². The molecular formula is C17H21Cl2NO4. The lowest BCUT2D eigenvalue weighted by atomic mass is 10.2. The Bertz CT molecular complexity index is 617. The van der Waals surface area contributed by atoms with E-state index < -0.39 is 12.1 Å². The monoisotopic (exact) mass is 373 g/mol. The van der Waals surface area contributed by atoms with Crippen molar-refractivity contribution in [3.63, 3.8) is 0 Å². The first kappa shape index (κ1) is 20.3. The summed E-state index contributed by atoms with van der Waals surface area (Å²) in [6.45, 7) is 6.07. The number of benzene rings is 1. The second kappa shape index (κ2) is 10.2. The number of nitrogens with zero attached hydrogens (tertiary/aromatic N) is 1. The number of amides is 1. The number of hydrogen-bond donors (Lipinski definition) is 0. The highest BCUT2D eigenvalue weighted by Crippen LogP contribution is 2.23. The Labute approximate surface area is 152 Å². The molecule has 0 aliphatic carbocycles. The minimum Gasteiger partial charge on any atom is -0.463 e. The largest absolute Gasteiger partial charge is 0.463 e. The van der Waals surface area contributed by atoms with Crippen LogP contribution < -0.4 is 0 Å². The van der Waals surface area contributed by atoms with Gasteiger partial charge in [-0.1, -0.05) is 36.2 Å². The molecule has 0 saturated carbocycles. The SMILES string of the molecule is CCCN(C(=O)OCc1ccc(Cl)c(Cl)c1)C(C)=CC(=O)OCC. The second-order valence-electron chi connectivity index (χ2n) is 4.99. The summed E-state index contributed by atoms with van der Waals surface area (Å²) in [6.07, 6.45) is 1.45. The lowest BCUT2D eigenvalue weighted by Gasteiger charge is -2.22. The third-order valence-corrected chi connectivity index (χ3v) is 3.79. The minimum atomic E-state index is -0.541. The highest BCUT2D eigenvalue weighted by atomic mass is 35.5. The maximum absolute atomic E-state index is 12.3. The third-order valence-electron chi connectivity index (χ3n) is 3.05. The van der Waals surface area contributed by atoms with E-state index in [0.717, 1.165) is 12.0 Å². The molecule has 5 nitrogen and oxygen atoms in total. The van der Waals surface area contributed by atoms with Crippen molar-refractivity contribution in [3.05, 3.63) is 45.6 Å². The molecule has 24 heavy (non-hydrogen) atoms. The summed E-state index contributed by atoms with van der Waals surface area (Å²) in [5.41, 5.74) is 1.19. The van der Waals surface area contributed by atoms with Crippen molar-refractivity contribution in [1.82, 2.24) is 4.90 Å². The number of esters is 1. The van der Waals surface area contributed by atoms with Crippen molar-refractivity contribution in [2.75, 3.05) is 13.2 Å². The number of carbonyl (C=O) groups excluding carboxylic acids is 2. The van der Waals surface area contributed by atoms with Crippen LogP contribution in [0, 0.1) is 0 Å². The van der Waals surface area contributed by atoms with Crippen LogP contribution in [0.4, 0.5) is 4.79 Å². The summed E-state index contributed by atoms with van der Waals surface area (Å²) < 4.78 is 10.1. The predicted molar refractivity (Wildman–Crippen MR) is 94.0 cm³/mol. The van der Waals surface area contributed by atoms with Crippen LogP contribution in [0.3, 0.4) is 0 Å². The molecule has 1 rings (SSSR count). The number of hydrogen-bond acceptors (Lipinski definition) is 4. The van der Waals surface area contributed by atoms with Gasteiger partial charge in [-0.2, -0.15) is 0 Å². The van der Waals surface area contributed by atoms with Crippen molar-refractivity contribution in [2.45, 2.75) is 33.8 Å². The zero-order chi connectivity index (χ0) is 18.1. The van der Waals surface area contributed by atoms with E-state index in [0.29, 0.717) is 22.3 Å². The van der Waals surface area contributed by atoms with E-state index in [9.17, 15) is 9.59 Å². The second-order valence-corrected chi connectivity index (χ2v) is 5.81. The van der Waals surface area contributed by atoms with Crippen molar-refractivity contribution in [3.8, 4) is 0 Å². The summed E-state index contributed by atoms with van der Waals surface area (Å²) in [7, 11) is 0. The van der Waals surface area contributed by atoms with Gasteiger partial charge in [0.2, 0.25) is 0 Å². The molecule has 0 heterocycles. The molecule has 0 saturated heterocycles. The zero-order valence-corrected chi connectivity index (χ0v) is 15.5. The molecule has 0 spiro atoms. The predicted octanol–water partition coefficient (Wildman–Crippen LogP) is 4.81. The molecule has 0 aliphatic heterocycles. The van der Waals surface area contributed by atoms with Crippen LogP contribution in [-0.2, 0) is 20.9 Å². The highest BCUT2D eigenvalue weighted by Gasteiger charge is 2.17. The summed E-state index contributed by atoms with van der Waals surface area (Å²) in [5.74, 6) is -0.492. The molecule has 132 valence electrons. The molecule has 7 heteroatoms. The van der Waals surface area contributed by atoms with Crippen LogP contribution >= 0.6 is 23.2 Å². The Balaban J connectivity index is 2.75. The molecule has 1 amide bonds. The quantitative estimate of drug-likeness (QED) is 0.508. The van der Waals surface area contributed by atoms with E-state index >= 15 is 0 Å². The van der Waals surface area contributed by atoms with Gasteiger partial charge in [0.05, 0.1) is 16.7 Å². The molecule has 0 aromatic heterocycles. The number of carbonyl (C=O) groups is 2. The van der Waals surface area contributed by atoms with Gasteiger partial charge in [0, 0.05) is 18.3 Å². The first-order valence-electron chi connectivity index (χ1n) is 7.62. The Morgan fingerprint density at radius 3 is 2.46 bits per heavy atom. The molecule has 0 fully saturated rings. The van der Waals surface area contributed by atoms with Crippen molar-refractivity contribution >= 4 is 35.3 Å². The van der Waals surface area contributed by atoms with Crippen LogP contribution in [0.15, 0.2) is 30.0 Å². The number of allylic oxidation sites excluding steroid dienone is 1. The molecule has 0 N–H and O–H groups in total. The number of rotatable bonds is 7. The minimum absolute atomic E-state index is 0.0582. The van der Waals surface area contributed by atoms with Crippen molar-refractivity contribution in [1.29, 1.82) is 0 Å². The smallest absolute Gasteiger partial charge is 0.414 e. The summed E-state index contributed by atoms with van der Waals surface area (Å²) in [6, 6.07) is 5.01. The molecule has 0 unspecified atom stereocenters. The normalized spacial score (nSPS) is 11.1. The van der Waals surface area contributed by atoms with E-state index in [2.05, 4.69) is 0 Å². The van der Waals surface area contributed by atoms with Gasteiger partial charge in [0.25, 0.3) is 0 Å². The lowest BCUT2D eigenvalue weighted by molar-refractivity contribution is -0.137. The Morgan fingerprint density at radius 2 is 1.88 bits per heavy atom. The average Bonchev–Trinajstić information content (AvgIpc) is 2.53. The summed E-state index contributed by atoms with van der Waals surface area (Å²) in [4.78, 5) is 25.2. The first-order chi connectivity index (χ1) is 11.4. The first-order valence-corrected chi connectivity index (χ1v) is 8.37. The topological polar surface area (TPSA) is 55.8 Å². The Kier molecular flexibility index (Phi) is 8.65. The standard InChI is InChI=1S/C17H21Cl2NO4/c1-4-8-20(12(3)9-16(21)23-5-2)17(22)24-11-13-6-7-14(18)15(19)10-13/h6-7,9-10H,4-5,8,11H2,1-3H3. The van der Waals surface area contributed by atoms with E-state index in [1.165, 1.54) is 11.0 Å². The maximum atomic E-state index is 12.3. The fourth-order valence-electron chi connectivity index (χ4n) is 1.92. The van der Waals surface area contributed by atoms with Crippen molar-refractivity contribution < 1.29 is 19.1 Å². The van der Waals surface area contributed by atoms with Crippen LogP contribution in [0.25, 0.3) is 0 Å². The lowest BCUT2D eigenvalue weighted by Crippen LogP contribution is -2.31. The van der Waals surface area contributed by atoms with E-state index in [1.54, 1.807) is 32.0 Å². The molecule has 0 atom stereocenters. The summed E-state index contributed by atoms with van der Waals surface area (Å²) >= 11 is 11.8. The van der Waals surface area contributed by atoms with Gasteiger partial charge in [0.15, 0.2) is 0 Å². The molecule has 0 aliphatic rings. The summed E-state index contributed by atoms with van der Waals surface area (Å²) in [5, 5.41) is 0.835. The van der Waals surface area contributed by atoms with Gasteiger partial charge in [0.1, 0.15) is 6.61 Å².